The van der Waals surface area contributed by atoms with Crippen molar-refractivity contribution in [3.8, 4) is 0 Å². The van der Waals surface area contributed by atoms with Crippen molar-refractivity contribution in [1.82, 2.24) is 0 Å². The van der Waals surface area contributed by atoms with Crippen molar-refractivity contribution in [3.63, 3.8) is 0 Å². The van der Waals surface area contributed by atoms with E-state index in [0.29, 0.717) is 25.7 Å². The Balaban J connectivity index is 1.78. The summed E-state index contributed by atoms with van der Waals surface area (Å²) < 4.78 is 103. The molecule has 0 unspecified atom stereocenters. The Labute approximate surface area is 196 Å². The van der Waals surface area contributed by atoms with E-state index < -0.39 is 73.5 Å². The van der Waals surface area contributed by atoms with Crippen molar-refractivity contribution in [2.45, 2.75) is 81.1 Å². The van der Waals surface area contributed by atoms with Gasteiger partial charge in [-0.05, 0) is 32.1 Å². The molecule has 0 atom stereocenters. The normalized spacial score (nSPS) is 20.6. The first-order valence-electron chi connectivity index (χ1n) is 11.0. The summed E-state index contributed by atoms with van der Waals surface area (Å²) in [6.45, 7) is 0. The zero-order chi connectivity index (χ0) is 24.6. The third-order valence-corrected chi connectivity index (χ3v) is 11.9. The number of hydrogen-bond acceptors (Lipinski definition) is 10. The van der Waals surface area contributed by atoms with Crippen molar-refractivity contribution >= 4 is 39.7 Å². The summed E-state index contributed by atoms with van der Waals surface area (Å²) in [5, 5.41) is 5.37. The second-order valence-corrected chi connectivity index (χ2v) is 16.5. The maximum Gasteiger partial charge on any atom is 0.273 e. The molecule has 0 radical (unpaired) electrons. The molecular weight excluding hydrogens is 516 g/mol. The lowest BCUT2D eigenvalue weighted by Crippen LogP contribution is -2.22. The van der Waals surface area contributed by atoms with Gasteiger partial charge >= 0.3 is 0 Å². The zero-order valence-corrected chi connectivity index (χ0v) is 21.7. The van der Waals surface area contributed by atoms with Gasteiger partial charge in [0, 0.05) is 0 Å². The Morgan fingerprint density at radius 1 is 0.515 bits per heavy atom. The zero-order valence-electron chi connectivity index (χ0n) is 18.4. The van der Waals surface area contributed by atoms with Crippen LogP contribution < -0.4 is 0 Å². The molecule has 0 saturated heterocycles. The third kappa shape index (κ3) is 10.0. The number of nitrogens with zero attached hydrogens (tertiary/aromatic N) is 4. The maximum atomic E-state index is 12.1. The van der Waals surface area contributed by atoms with Crippen molar-refractivity contribution in [2.24, 2.45) is 19.3 Å². The van der Waals surface area contributed by atoms with Crippen LogP contribution in [0.2, 0.25) is 0 Å². The van der Waals surface area contributed by atoms with Crippen LogP contribution in [0, 0.1) is 0 Å². The molecule has 2 saturated carbocycles. The third-order valence-electron chi connectivity index (χ3n) is 5.71. The van der Waals surface area contributed by atoms with Crippen LogP contribution in [0.1, 0.15) is 70.6 Å². The minimum atomic E-state index is -3.85. The van der Waals surface area contributed by atoms with Gasteiger partial charge in [-0.15, -0.1) is 0 Å². The SMILES string of the molecule is O=S(=O)(CCCS(=O)(=O)CN=NS(=O)(=O)C1CCCCC1)CN=NS(=O)(=O)C1CCCCC1. The van der Waals surface area contributed by atoms with Crippen LogP contribution in [0.3, 0.4) is 0 Å². The molecule has 192 valence electrons. The quantitative estimate of drug-likeness (QED) is 0.332. The summed E-state index contributed by atoms with van der Waals surface area (Å²) in [4.78, 5) is 0. The Hall–Kier alpha value is -1.00. The highest BCUT2D eigenvalue weighted by molar-refractivity contribution is 7.92. The summed E-state index contributed by atoms with van der Waals surface area (Å²) in [7, 11) is -15.4. The number of sulfone groups is 2. The van der Waals surface area contributed by atoms with Gasteiger partial charge in [0.15, 0.2) is 31.4 Å². The molecule has 16 heteroatoms. The highest BCUT2D eigenvalue weighted by Crippen LogP contribution is 2.25. The van der Waals surface area contributed by atoms with E-state index in [1.165, 1.54) is 0 Å². The molecule has 2 fully saturated rings. The predicted octanol–water partition coefficient (Wildman–Crippen LogP) is 2.35. The van der Waals surface area contributed by atoms with Crippen LogP contribution in [0.4, 0.5) is 0 Å². The lowest BCUT2D eigenvalue weighted by molar-refractivity contribution is 0.483. The number of rotatable bonds is 12. The highest BCUT2D eigenvalue weighted by Gasteiger charge is 2.28. The summed E-state index contributed by atoms with van der Waals surface area (Å²) in [5.41, 5.74) is 0. The monoisotopic (exact) mass is 548 g/mol. The van der Waals surface area contributed by atoms with Crippen LogP contribution in [0.15, 0.2) is 19.3 Å². The first kappa shape index (κ1) is 28.2. The molecule has 2 rings (SSSR count). The van der Waals surface area contributed by atoms with Gasteiger partial charge in [-0.25, -0.2) is 33.7 Å². The Morgan fingerprint density at radius 3 is 1.18 bits per heavy atom. The standard InChI is InChI=1S/C17H32N4O8S4/c22-30(23,14-18-20-32(26,27)16-8-3-1-4-9-16)12-7-13-31(24,25)15-19-21-33(28,29)17-10-5-2-6-11-17/h16-17H,1-15H2. The fourth-order valence-electron chi connectivity index (χ4n) is 3.87. The van der Waals surface area contributed by atoms with Crippen molar-refractivity contribution in [3.05, 3.63) is 0 Å². The molecular formula is C17H32N4O8S4. The summed E-state index contributed by atoms with van der Waals surface area (Å²) in [6.07, 6.45) is 6.66. The fourth-order valence-corrected chi connectivity index (χ4v) is 8.66. The second-order valence-electron chi connectivity index (χ2n) is 8.50. The van der Waals surface area contributed by atoms with Gasteiger partial charge < -0.3 is 0 Å². The fraction of sp³-hybridized carbons (Fsp3) is 1.00. The van der Waals surface area contributed by atoms with Crippen LogP contribution in [0.5, 0.6) is 0 Å². The molecule has 2 aliphatic carbocycles. The molecule has 0 heterocycles. The lowest BCUT2D eigenvalue weighted by Gasteiger charge is -2.18. The Bertz CT molecular complexity index is 1030. The molecule has 0 aromatic rings. The van der Waals surface area contributed by atoms with E-state index in [2.05, 4.69) is 19.3 Å². The van der Waals surface area contributed by atoms with Gasteiger partial charge in [-0.3, -0.25) is 0 Å². The Morgan fingerprint density at radius 2 is 0.848 bits per heavy atom. The van der Waals surface area contributed by atoms with Crippen LogP contribution in [0.25, 0.3) is 0 Å². The van der Waals surface area contributed by atoms with E-state index in [9.17, 15) is 33.7 Å². The number of sulfonamides is 2. The minimum Gasteiger partial charge on any atom is -0.227 e. The summed E-state index contributed by atoms with van der Waals surface area (Å²) in [5.74, 6) is -2.77. The first-order chi connectivity index (χ1) is 15.3. The molecule has 2 aliphatic rings. The largest absolute Gasteiger partial charge is 0.273 e. The van der Waals surface area contributed by atoms with Gasteiger partial charge in [0.1, 0.15) is 0 Å². The van der Waals surface area contributed by atoms with Crippen molar-refractivity contribution < 1.29 is 33.7 Å². The van der Waals surface area contributed by atoms with Crippen LogP contribution in [-0.2, 0) is 39.7 Å². The van der Waals surface area contributed by atoms with Gasteiger partial charge in [0.25, 0.3) is 20.0 Å². The molecule has 12 nitrogen and oxygen atoms in total. The first-order valence-corrected chi connectivity index (χ1v) is 17.6. The average Bonchev–Trinajstić information content (AvgIpc) is 2.74. The van der Waals surface area contributed by atoms with Crippen LogP contribution in [-0.4, -0.2) is 67.4 Å². The van der Waals surface area contributed by atoms with Gasteiger partial charge in [0.05, 0.1) is 22.0 Å². The molecule has 0 spiro atoms. The second kappa shape index (κ2) is 12.1. The number of hydrogen-bond donors (Lipinski definition) is 0. The lowest BCUT2D eigenvalue weighted by atomic mass is 10.0. The maximum absolute atomic E-state index is 12.1. The molecule has 0 aromatic heterocycles. The van der Waals surface area contributed by atoms with E-state index in [-0.39, 0.29) is 6.42 Å². The van der Waals surface area contributed by atoms with Crippen molar-refractivity contribution in [2.75, 3.05) is 23.3 Å². The molecule has 33 heavy (non-hydrogen) atoms. The Kier molecular flexibility index (Phi) is 10.4. The van der Waals surface area contributed by atoms with E-state index in [4.69, 9.17) is 0 Å². The van der Waals surface area contributed by atoms with E-state index in [1.807, 2.05) is 0 Å². The van der Waals surface area contributed by atoms with Crippen LogP contribution >= 0.6 is 0 Å². The smallest absolute Gasteiger partial charge is 0.227 e. The highest BCUT2D eigenvalue weighted by atomic mass is 32.2. The van der Waals surface area contributed by atoms with E-state index in [1.54, 1.807) is 0 Å². The average molecular weight is 549 g/mol. The summed E-state index contributed by atoms with van der Waals surface area (Å²) in [6, 6.07) is 0. The van der Waals surface area contributed by atoms with E-state index in [0.717, 1.165) is 38.5 Å². The van der Waals surface area contributed by atoms with Crippen molar-refractivity contribution in [1.29, 1.82) is 0 Å². The molecule has 0 bridgehead atoms. The molecule has 0 aliphatic heterocycles. The van der Waals surface area contributed by atoms with Gasteiger partial charge in [-0.2, -0.15) is 10.2 Å². The predicted molar refractivity (Wildman–Crippen MR) is 123 cm³/mol. The topological polar surface area (TPSA) is 186 Å². The minimum absolute atomic E-state index is 0.263. The molecule has 0 N–H and O–H groups in total. The molecule has 0 aromatic carbocycles. The van der Waals surface area contributed by atoms with Gasteiger partial charge in [-0.1, -0.05) is 47.6 Å². The van der Waals surface area contributed by atoms with E-state index >= 15 is 0 Å². The van der Waals surface area contributed by atoms with Gasteiger partial charge in [0.2, 0.25) is 0 Å². The summed E-state index contributed by atoms with van der Waals surface area (Å²) >= 11 is 0. The molecule has 0 amide bonds.